The molecule has 0 aliphatic heterocycles. The van der Waals surface area contributed by atoms with E-state index in [2.05, 4.69) is 259 Å². The van der Waals surface area contributed by atoms with Crippen molar-refractivity contribution in [2.24, 2.45) is 0 Å². The maximum atomic E-state index is 5.32. The molecule has 6 heteroatoms. The second-order valence-corrected chi connectivity index (χ2v) is 24.0. The molecule has 15 rings (SSSR count). The molecule has 0 spiro atoms. The van der Waals surface area contributed by atoms with Crippen molar-refractivity contribution in [3.8, 4) is 101 Å². The van der Waals surface area contributed by atoms with Gasteiger partial charge in [0.1, 0.15) is 0 Å². The molecule has 422 valence electrons. The van der Waals surface area contributed by atoms with E-state index < -0.39 is 0 Å². The van der Waals surface area contributed by atoms with E-state index >= 15 is 0 Å². The first-order valence-corrected chi connectivity index (χ1v) is 30.3. The molecule has 0 amide bonds. The molecule has 15 aromatic rings. The largest absolute Gasteiger partial charge is 0.309 e. The van der Waals surface area contributed by atoms with Crippen LogP contribution in [-0.4, -0.2) is 29.1 Å². The molecule has 11 aromatic carbocycles. The van der Waals surface area contributed by atoms with Gasteiger partial charge < -0.3 is 9.13 Å². The molecule has 4 aromatic heterocycles. The van der Waals surface area contributed by atoms with Crippen LogP contribution in [0.2, 0.25) is 0 Å². The van der Waals surface area contributed by atoms with Gasteiger partial charge in [-0.25, -0.2) is 15.0 Å². The van der Waals surface area contributed by atoms with E-state index in [9.17, 15) is 0 Å². The minimum atomic E-state index is 0.573. The normalized spacial score (nSPS) is 11.6. The minimum absolute atomic E-state index is 0.573. The van der Waals surface area contributed by atoms with E-state index in [4.69, 9.17) is 19.9 Å². The summed E-state index contributed by atoms with van der Waals surface area (Å²) in [5.74, 6) is 1.78. The second-order valence-electron chi connectivity index (χ2n) is 24.0. The number of aromatic nitrogens is 6. The molecule has 6 nitrogen and oxygen atoms in total. The second kappa shape index (κ2) is 21.6. The van der Waals surface area contributed by atoms with Crippen molar-refractivity contribution >= 4 is 43.6 Å². The Hall–Kier alpha value is -10.8. The van der Waals surface area contributed by atoms with E-state index in [1.807, 2.05) is 48.8 Å². The van der Waals surface area contributed by atoms with Crippen LogP contribution in [0.15, 0.2) is 243 Å². The van der Waals surface area contributed by atoms with Gasteiger partial charge in [-0.3, -0.25) is 4.98 Å². The number of hydrogen-bond acceptors (Lipinski definition) is 4. The summed E-state index contributed by atoms with van der Waals surface area (Å²) < 4.78 is 4.91. The van der Waals surface area contributed by atoms with Crippen LogP contribution in [0.1, 0.15) is 44.5 Å². The summed E-state index contributed by atoms with van der Waals surface area (Å²) in [6.45, 7) is 17.5. The highest BCUT2D eigenvalue weighted by Gasteiger charge is 2.25. The highest BCUT2D eigenvalue weighted by Crippen LogP contribution is 2.45. The minimum Gasteiger partial charge on any atom is -0.309 e. The predicted octanol–water partition coefficient (Wildman–Crippen LogP) is 21.3. The number of fused-ring (bicyclic) bond motifs is 6. The Morgan fingerprint density at radius 2 is 0.591 bits per heavy atom. The summed E-state index contributed by atoms with van der Waals surface area (Å²) in [5.41, 5.74) is 30.6. The van der Waals surface area contributed by atoms with Gasteiger partial charge in [-0.1, -0.05) is 180 Å². The lowest BCUT2D eigenvalue weighted by Crippen LogP contribution is -2.04. The topological polar surface area (TPSA) is 61.4 Å². The van der Waals surface area contributed by atoms with Crippen LogP contribution in [0.25, 0.3) is 145 Å². The van der Waals surface area contributed by atoms with Gasteiger partial charge in [-0.15, -0.1) is 0 Å². The molecule has 0 saturated heterocycles. The lowest BCUT2D eigenvalue weighted by molar-refractivity contribution is 1.07. The van der Waals surface area contributed by atoms with Gasteiger partial charge >= 0.3 is 0 Å². The standard InChI is InChI=1S/C82H64N6/c1-49-19-28-64(53(5)39-49)59-23-32-75-70(43-59)71-44-60(65-29-20-50(2)40-54(65)6)24-33-76(71)87(75)74-36-27-63(82-85-80(57-15-11-9-12-16-57)84-81(86-82)58-17-13-10-14-18-58)47-69(74)68-37-38-83-48-79(68)88-77-34-25-61(66-30-21-51(3)41-55(66)7)45-72(77)73-46-62(26-35-78(73)88)67-31-22-52(4)42-56(67)8/h9-48H,1-8H3. The van der Waals surface area contributed by atoms with Crippen LogP contribution in [0.5, 0.6) is 0 Å². The van der Waals surface area contributed by atoms with Gasteiger partial charge in [0.15, 0.2) is 17.5 Å². The molecule has 0 atom stereocenters. The van der Waals surface area contributed by atoms with Gasteiger partial charge in [0.05, 0.1) is 39.6 Å². The number of rotatable bonds is 10. The number of benzene rings is 11. The summed E-state index contributed by atoms with van der Waals surface area (Å²) in [6.07, 6.45) is 3.98. The van der Waals surface area contributed by atoms with Crippen molar-refractivity contribution < 1.29 is 0 Å². The predicted molar refractivity (Wildman–Crippen MR) is 368 cm³/mol. The Morgan fingerprint density at radius 3 is 0.955 bits per heavy atom. The van der Waals surface area contributed by atoms with Crippen LogP contribution < -0.4 is 0 Å². The van der Waals surface area contributed by atoms with E-state index in [-0.39, 0.29) is 0 Å². The number of hydrogen-bond donors (Lipinski definition) is 0. The van der Waals surface area contributed by atoms with Crippen LogP contribution in [0.3, 0.4) is 0 Å². The van der Waals surface area contributed by atoms with E-state index in [1.165, 1.54) is 99.8 Å². The molecular weight excluding hydrogens is 1070 g/mol. The molecule has 0 saturated carbocycles. The van der Waals surface area contributed by atoms with Gasteiger partial charge in [0, 0.05) is 55.6 Å². The zero-order valence-corrected chi connectivity index (χ0v) is 50.8. The smallest absolute Gasteiger partial charge is 0.164 e. The number of pyridine rings is 1. The molecule has 0 unspecified atom stereocenters. The Bertz CT molecular complexity index is 5020. The third kappa shape index (κ3) is 9.45. The highest BCUT2D eigenvalue weighted by molar-refractivity contribution is 6.14. The van der Waals surface area contributed by atoms with Crippen LogP contribution in [-0.2, 0) is 0 Å². The van der Waals surface area contributed by atoms with Crippen molar-refractivity contribution in [2.75, 3.05) is 0 Å². The van der Waals surface area contributed by atoms with Crippen molar-refractivity contribution in [1.82, 2.24) is 29.1 Å². The monoisotopic (exact) mass is 1130 g/mol. The summed E-state index contributed by atoms with van der Waals surface area (Å²) in [4.78, 5) is 20.8. The third-order valence-electron chi connectivity index (χ3n) is 17.8. The number of aryl methyl sites for hydroxylation is 8. The highest BCUT2D eigenvalue weighted by atomic mass is 15.0. The first-order chi connectivity index (χ1) is 42.9. The molecule has 0 radical (unpaired) electrons. The molecule has 0 aliphatic rings. The van der Waals surface area contributed by atoms with Gasteiger partial charge in [-0.2, -0.15) is 0 Å². The fraction of sp³-hybridized carbons (Fsp3) is 0.0976. The Kier molecular flexibility index (Phi) is 13.2. The van der Waals surface area contributed by atoms with E-state index in [0.29, 0.717) is 17.5 Å². The third-order valence-corrected chi connectivity index (χ3v) is 17.8. The summed E-state index contributed by atoms with van der Waals surface area (Å²) in [7, 11) is 0. The molecule has 88 heavy (non-hydrogen) atoms. The molecule has 0 bridgehead atoms. The zero-order valence-electron chi connectivity index (χ0n) is 50.8. The molecule has 0 fully saturated rings. The van der Waals surface area contributed by atoms with Crippen molar-refractivity contribution in [3.63, 3.8) is 0 Å². The maximum Gasteiger partial charge on any atom is 0.164 e. The summed E-state index contributed by atoms with van der Waals surface area (Å²) in [5, 5.41) is 4.67. The van der Waals surface area contributed by atoms with E-state index in [1.54, 1.807) is 0 Å². The summed E-state index contributed by atoms with van der Waals surface area (Å²) in [6, 6.07) is 84.5. The van der Waals surface area contributed by atoms with E-state index in [0.717, 1.165) is 72.0 Å². The van der Waals surface area contributed by atoms with Gasteiger partial charge in [0.2, 0.25) is 0 Å². The quantitative estimate of drug-likeness (QED) is 0.137. The Morgan fingerprint density at radius 1 is 0.250 bits per heavy atom. The SMILES string of the molecule is Cc1ccc(-c2ccc3c(c2)c2cc(-c4ccc(C)cc4C)ccc2n3-c2ccc(-c3nc(-c4ccccc4)nc(-c4ccccc4)n3)cc2-c2ccncc2-n2c3ccc(-c4ccc(C)cc4C)cc3c3cc(-c4ccc(C)cc4C)ccc32)c(C)c1. The van der Waals surface area contributed by atoms with Crippen LogP contribution in [0, 0.1) is 55.4 Å². The molecular formula is C82H64N6. The Balaban J connectivity index is 1.02. The fourth-order valence-electron chi connectivity index (χ4n) is 13.6. The lowest BCUT2D eigenvalue weighted by atomic mass is 9.95. The lowest BCUT2D eigenvalue weighted by Gasteiger charge is -2.19. The fourth-order valence-corrected chi connectivity index (χ4v) is 13.6. The van der Waals surface area contributed by atoms with Gasteiger partial charge in [0.25, 0.3) is 0 Å². The molecule has 4 heterocycles. The van der Waals surface area contributed by atoms with Crippen LogP contribution in [0.4, 0.5) is 0 Å². The zero-order chi connectivity index (χ0) is 59.9. The van der Waals surface area contributed by atoms with Crippen molar-refractivity contribution in [3.05, 3.63) is 287 Å². The number of nitrogens with zero attached hydrogens (tertiary/aromatic N) is 6. The first kappa shape index (κ1) is 53.9. The van der Waals surface area contributed by atoms with Crippen molar-refractivity contribution in [1.29, 1.82) is 0 Å². The Labute approximate surface area is 513 Å². The van der Waals surface area contributed by atoms with Crippen LogP contribution >= 0.6 is 0 Å². The molecule has 0 aliphatic carbocycles. The van der Waals surface area contributed by atoms with Gasteiger partial charge in [-0.05, 0) is 195 Å². The average Bonchev–Trinajstić information content (AvgIpc) is 1.59. The molecule has 0 N–H and O–H groups in total. The first-order valence-electron chi connectivity index (χ1n) is 30.3. The average molecular weight is 1130 g/mol. The van der Waals surface area contributed by atoms with Crippen molar-refractivity contribution in [2.45, 2.75) is 55.4 Å². The summed E-state index contributed by atoms with van der Waals surface area (Å²) >= 11 is 0. The maximum absolute atomic E-state index is 5.32.